The average Bonchev–Trinajstić information content (AvgIpc) is 2.85. The Balaban J connectivity index is 1.72. The zero-order valence-electron chi connectivity index (χ0n) is 14.7. The topological polar surface area (TPSA) is 41.9 Å². The maximum absolute atomic E-state index is 5.45. The highest BCUT2D eigenvalue weighted by Gasteiger charge is 2.13. The first kappa shape index (κ1) is 17.2. The predicted molar refractivity (Wildman–Crippen MR) is 108 cm³/mol. The number of thiocarbonyl (C=S) groups is 1. The molecule has 0 radical (unpaired) electrons. The second-order valence-electron chi connectivity index (χ2n) is 6.13. The second kappa shape index (κ2) is 7.49. The van der Waals surface area contributed by atoms with Crippen LogP contribution in [0.1, 0.15) is 22.5 Å². The second-order valence-corrected chi connectivity index (χ2v) is 6.54. The summed E-state index contributed by atoms with van der Waals surface area (Å²) in [5.74, 6) is 0. The third-order valence-electron chi connectivity index (χ3n) is 4.10. The molecule has 1 heterocycles. The highest BCUT2D eigenvalue weighted by molar-refractivity contribution is 7.80. The number of nitrogens with one attached hydrogen (secondary N) is 2. The van der Waals surface area contributed by atoms with Gasteiger partial charge in [0, 0.05) is 5.69 Å². The minimum atomic E-state index is 0.564. The maximum Gasteiger partial charge on any atom is 0.175 e. The lowest BCUT2D eigenvalue weighted by atomic mass is 10.2. The first-order chi connectivity index (χ1) is 12.0. The summed E-state index contributed by atoms with van der Waals surface area (Å²) < 4.78 is 2.00. The number of benzene rings is 2. The van der Waals surface area contributed by atoms with Crippen molar-refractivity contribution >= 4 is 28.7 Å². The van der Waals surface area contributed by atoms with E-state index in [0.717, 1.165) is 29.3 Å². The number of rotatable bonds is 4. The highest BCUT2D eigenvalue weighted by atomic mass is 32.1. The summed E-state index contributed by atoms with van der Waals surface area (Å²) in [4.78, 5) is 0. The van der Waals surface area contributed by atoms with Crippen LogP contribution in [-0.2, 0) is 6.54 Å². The molecule has 0 bridgehead atoms. The summed E-state index contributed by atoms with van der Waals surface area (Å²) in [5.41, 5.74) is 6.37. The zero-order valence-corrected chi connectivity index (χ0v) is 15.5. The molecule has 128 valence electrons. The maximum atomic E-state index is 5.45. The molecule has 0 spiro atoms. The standard InChI is InChI=1S/C20H22N4S/c1-14-9-11-18(12-10-14)21-20(25)22-19-15(2)23-24(16(19)3)13-17-7-5-4-6-8-17/h4-12H,13H2,1-3H3,(H2,21,22,25). The molecule has 0 unspecified atom stereocenters. The Morgan fingerprint density at radius 1 is 0.960 bits per heavy atom. The SMILES string of the molecule is Cc1ccc(NC(=S)Nc2c(C)nn(Cc3ccccc3)c2C)cc1. The summed E-state index contributed by atoms with van der Waals surface area (Å²) >= 11 is 5.45. The first-order valence-electron chi connectivity index (χ1n) is 8.25. The lowest BCUT2D eigenvalue weighted by Gasteiger charge is -2.11. The van der Waals surface area contributed by atoms with Crippen LogP contribution in [0.4, 0.5) is 11.4 Å². The van der Waals surface area contributed by atoms with Gasteiger partial charge in [0.15, 0.2) is 5.11 Å². The number of nitrogens with zero attached hydrogens (tertiary/aromatic N) is 2. The van der Waals surface area contributed by atoms with Crippen molar-refractivity contribution in [1.82, 2.24) is 9.78 Å². The van der Waals surface area contributed by atoms with E-state index in [1.807, 2.05) is 41.9 Å². The fourth-order valence-electron chi connectivity index (χ4n) is 2.70. The first-order valence-corrected chi connectivity index (χ1v) is 8.66. The zero-order chi connectivity index (χ0) is 17.8. The molecule has 1 aromatic heterocycles. The summed E-state index contributed by atoms with van der Waals surface area (Å²) in [6, 6.07) is 18.5. The van der Waals surface area contributed by atoms with Crippen molar-refractivity contribution in [2.45, 2.75) is 27.3 Å². The van der Waals surface area contributed by atoms with Crippen molar-refractivity contribution in [3.05, 3.63) is 77.1 Å². The van der Waals surface area contributed by atoms with Gasteiger partial charge in [-0.15, -0.1) is 0 Å². The molecule has 0 saturated carbocycles. The van der Waals surface area contributed by atoms with Gasteiger partial charge >= 0.3 is 0 Å². The molecule has 0 fully saturated rings. The lowest BCUT2D eigenvalue weighted by molar-refractivity contribution is 0.659. The van der Waals surface area contributed by atoms with E-state index in [2.05, 4.69) is 53.8 Å². The minimum Gasteiger partial charge on any atom is -0.332 e. The van der Waals surface area contributed by atoms with E-state index >= 15 is 0 Å². The summed E-state index contributed by atoms with van der Waals surface area (Å²) in [7, 11) is 0. The van der Waals surface area contributed by atoms with E-state index in [-0.39, 0.29) is 0 Å². The van der Waals surface area contributed by atoms with Crippen molar-refractivity contribution in [2.75, 3.05) is 10.6 Å². The fraction of sp³-hybridized carbons (Fsp3) is 0.200. The number of aryl methyl sites for hydroxylation is 2. The van der Waals surface area contributed by atoms with Gasteiger partial charge in [-0.3, -0.25) is 4.68 Å². The van der Waals surface area contributed by atoms with Crippen molar-refractivity contribution in [3.8, 4) is 0 Å². The summed E-state index contributed by atoms with van der Waals surface area (Å²) in [6.45, 7) is 6.85. The Labute approximate surface area is 153 Å². The number of aromatic nitrogens is 2. The smallest absolute Gasteiger partial charge is 0.175 e. The third-order valence-corrected chi connectivity index (χ3v) is 4.31. The van der Waals surface area contributed by atoms with Crippen LogP contribution < -0.4 is 10.6 Å². The average molecular weight is 350 g/mol. The largest absolute Gasteiger partial charge is 0.332 e. The molecular weight excluding hydrogens is 328 g/mol. The molecule has 0 aliphatic rings. The molecule has 0 aliphatic heterocycles. The number of hydrogen-bond acceptors (Lipinski definition) is 2. The van der Waals surface area contributed by atoms with Gasteiger partial charge < -0.3 is 10.6 Å². The van der Waals surface area contributed by atoms with Gasteiger partial charge in [0.05, 0.1) is 23.6 Å². The molecule has 0 aliphatic carbocycles. The van der Waals surface area contributed by atoms with Crippen molar-refractivity contribution in [3.63, 3.8) is 0 Å². The fourth-order valence-corrected chi connectivity index (χ4v) is 2.92. The van der Waals surface area contributed by atoms with E-state index in [4.69, 9.17) is 12.2 Å². The van der Waals surface area contributed by atoms with Crippen molar-refractivity contribution < 1.29 is 0 Å². The number of hydrogen-bond donors (Lipinski definition) is 2. The number of anilines is 2. The van der Waals surface area contributed by atoms with Crippen LogP contribution in [0.5, 0.6) is 0 Å². The Bertz CT molecular complexity index is 867. The van der Waals surface area contributed by atoms with E-state index in [9.17, 15) is 0 Å². The molecule has 5 heteroatoms. The van der Waals surface area contributed by atoms with Crippen LogP contribution in [0.25, 0.3) is 0 Å². The minimum absolute atomic E-state index is 0.564. The Hall–Kier alpha value is -2.66. The normalized spacial score (nSPS) is 10.5. The molecule has 0 amide bonds. The van der Waals surface area contributed by atoms with Gasteiger partial charge in [-0.1, -0.05) is 48.0 Å². The molecule has 0 saturated heterocycles. The van der Waals surface area contributed by atoms with Crippen molar-refractivity contribution in [1.29, 1.82) is 0 Å². The Kier molecular flexibility index (Phi) is 5.14. The monoisotopic (exact) mass is 350 g/mol. The molecule has 4 nitrogen and oxygen atoms in total. The molecule has 25 heavy (non-hydrogen) atoms. The van der Waals surface area contributed by atoms with Gasteiger partial charge in [-0.05, 0) is 50.7 Å². The molecule has 2 N–H and O–H groups in total. The van der Waals surface area contributed by atoms with E-state index < -0.39 is 0 Å². The molecule has 0 atom stereocenters. The van der Waals surface area contributed by atoms with Crippen LogP contribution >= 0.6 is 12.2 Å². The van der Waals surface area contributed by atoms with Crippen LogP contribution in [0.2, 0.25) is 0 Å². The van der Waals surface area contributed by atoms with Crippen LogP contribution in [0.3, 0.4) is 0 Å². The molecule has 3 rings (SSSR count). The van der Waals surface area contributed by atoms with Gasteiger partial charge in [0.25, 0.3) is 0 Å². The Morgan fingerprint density at radius 3 is 2.32 bits per heavy atom. The summed E-state index contributed by atoms with van der Waals surface area (Å²) in [6.07, 6.45) is 0. The quantitative estimate of drug-likeness (QED) is 0.671. The third kappa shape index (κ3) is 4.25. The van der Waals surface area contributed by atoms with Crippen molar-refractivity contribution in [2.24, 2.45) is 0 Å². The Morgan fingerprint density at radius 2 is 1.64 bits per heavy atom. The predicted octanol–water partition coefficient (Wildman–Crippen LogP) is 4.67. The molecular formula is C20H22N4S. The van der Waals surface area contributed by atoms with E-state index in [0.29, 0.717) is 5.11 Å². The molecule has 3 aromatic rings. The molecule has 2 aromatic carbocycles. The highest BCUT2D eigenvalue weighted by Crippen LogP contribution is 2.21. The lowest BCUT2D eigenvalue weighted by Crippen LogP contribution is -2.20. The summed E-state index contributed by atoms with van der Waals surface area (Å²) in [5, 5.41) is 11.7. The van der Waals surface area contributed by atoms with Crippen LogP contribution in [-0.4, -0.2) is 14.9 Å². The van der Waals surface area contributed by atoms with Crippen LogP contribution in [0.15, 0.2) is 54.6 Å². The van der Waals surface area contributed by atoms with Gasteiger partial charge in [-0.2, -0.15) is 5.10 Å². The van der Waals surface area contributed by atoms with Gasteiger partial charge in [-0.25, -0.2) is 0 Å². The van der Waals surface area contributed by atoms with Gasteiger partial charge in [0.1, 0.15) is 0 Å². The van der Waals surface area contributed by atoms with Gasteiger partial charge in [0.2, 0.25) is 0 Å². The van der Waals surface area contributed by atoms with E-state index in [1.54, 1.807) is 0 Å². The van der Waals surface area contributed by atoms with Crippen LogP contribution in [0, 0.1) is 20.8 Å². The van der Waals surface area contributed by atoms with E-state index in [1.165, 1.54) is 11.1 Å².